The van der Waals surface area contributed by atoms with E-state index in [1.165, 1.54) is 11.3 Å². The van der Waals surface area contributed by atoms with Gasteiger partial charge in [0.05, 0.1) is 15.5 Å². The summed E-state index contributed by atoms with van der Waals surface area (Å²) in [6, 6.07) is 1.96. The first-order valence-electron chi connectivity index (χ1n) is 7.55. The van der Waals surface area contributed by atoms with Crippen molar-refractivity contribution in [2.45, 2.75) is 31.7 Å². The van der Waals surface area contributed by atoms with Crippen LogP contribution in [0.25, 0.3) is 9.53 Å². The fraction of sp³-hybridized carbons (Fsp3) is 0.533. The molecule has 124 valence electrons. The summed E-state index contributed by atoms with van der Waals surface area (Å²) < 4.78 is 1.03. The number of hydrogen-bond acceptors (Lipinski definition) is 6. The highest BCUT2D eigenvalue weighted by Crippen LogP contribution is 2.34. The van der Waals surface area contributed by atoms with Crippen LogP contribution in [0.5, 0.6) is 0 Å². The van der Waals surface area contributed by atoms with Gasteiger partial charge >= 0.3 is 5.97 Å². The molecule has 23 heavy (non-hydrogen) atoms. The van der Waals surface area contributed by atoms with Crippen molar-refractivity contribution < 1.29 is 14.7 Å². The Morgan fingerprint density at radius 3 is 2.52 bits per heavy atom. The Morgan fingerprint density at radius 2 is 1.96 bits per heavy atom. The van der Waals surface area contributed by atoms with Gasteiger partial charge in [0.15, 0.2) is 5.13 Å². The number of carboxylic acids is 1. The molecule has 2 heterocycles. The van der Waals surface area contributed by atoms with Crippen molar-refractivity contribution >= 4 is 49.2 Å². The molecule has 2 N–H and O–H groups in total. The zero-order valence-electron chi connectivity index (χ0n) is 13.0. The number of thiazole rings is 1. The monoisotopic (exact) mass is 353 g/mol. The lowest BCUT2D eigenvalue weighted by atomic mass is 9.86. The Labute approximate surface area is 142 Å². The van der Waals surface area contributed by atoms with Crippen molar-refractivity contribution in [1.82, 2.24) is 10.3 Å². The largest absolute Gasteiger partial charge is 0.481 e. The highest BCUT2D eigenvalue weighted by molar-refractivity contribution is 7.29. The van der Waals surface area contributed by atoms with Crippen LogP contribution < -0.4 is 10.2 Å². The molecule has 0 unspecified atom stereocenters. The van der Waals surface area contributed by atoms with Gasteiger partial charge in [-0.05, 0) is 31.7 Å². The predicted molar refractivity (Wildman–Crippen MR) is 92.7 cm³/mol. The van der Waals surface area contributed by atoms with Gasteiger partial charge in [-0.15, -0.1) is 11.3 Å². The van der Waals surface area contributed by atoms with E-state index in [1.807, 2.05) is 25.1 Å². The summed E-state index contributed by atoms with van der Waals surface area (Å²) >= 11 is 2.98. The number of carbonyl (C=O) groups excluding carboxylic acids is 1. The average molecular weight is 353 g/mol. The molecule has 0 radical (unpaired) electrons. The molecule has 2 aromatic rings. The van der Waals surface area contributed by atoms with E-state index in [0.717, 1.165) is 27.5 Å². The summed E-state index contributed by atoms with van der Waals surface area (Å²) in [5.74, 6) is -1.06. The molecule has 0 aliphatic heterocycles. The normalized spacial score (nSPS) is 21.3. The molecule has 0 atom stereocenters. The van der Waals surface area contributed by atoms with Crippen LogP contribution in [0.1, 0.15) is 35.4 Å². The Hall–Kier alpha value is -1.67. The second-order valence-electron chi connectivity index (χ2n) is 6.03. The molecule has 2 aromatic heterocycles. The van der Waals surface area contributed by atoms with E-state index >= 15 is 0 Å². The van der Waals surface area contributed by atoms with E-state index in [1.54, 1.807) is 11.3 Å². The third-order valence-corrected chi connectivity index (χ3v) is 6.42. The lowest BCUT2D eigenvalue weighted by Crippen LogP contribution is -2.38. The molecular formula is C15H19N3O3S2. The smallest absolute Gasteiger partial charge is 0.306 e. The first-order chi connectivity index (χ1) is 10.9. The zero-order valence-corrected chi connectivity index (χ0v) is 14.7. The molecule has 0 saturated heterocycles. The minimum atomic E-state index is -0.726. The van der Waals surface area contributed by atoms with E-state index in [-0.39, 0.29) is 17.9 Å². The summed E-state index contributed by atoms with van der Waals surface area (Å²) in [4.78, 5) is 31.3. The molecule has 0 spiro atoms. The number of rotatable bonds is 4. The Morgan fingerprint density at radius 1 is 1.26 bits per heavy atom. The number of fused-ring (bicyclic) bond motifs is 1. The second kappa shape index (κ2) is 6.45. The number of aromatic nitrogens is 1. The van der Waals surface area contributed by atoms with Gasteiger partial charge in [-0.3, -0.25) is 9.59 Å². The predicted octanol–water partition coefficient (Wildman–Crippen LogP) is 2.80. The van der Waals surface area contributed by atoms with E-state index in [0.29, 0.717) is 17.7 Å². The van der Waals surface area contributed by atoms with Crippen molar-refractivity contribution in [3.05, 3.63) is 10.9 Å². The fourth-order valence-corrected chi connectivity index (χ4v) is 4.80. The van der Waals surface area contributed by atoms with Gasteiger partial charge < -0.3 is 15.3 Å². The van der Waals surface area contributed by atoms with Gasteiger partial charge in [-0.25, -0.2) is 4.98 Å². The number of aliphatic carboxylic acids is 1. The molecule has 3 rings (SSSR count). The maximum absolute atomic E-state index is 12.4. The van der Waals surface area contributed by atoms with Crippen LogP contribution >= 0.6 is 22.7 Å². The molecule has 1 aliphatic rings. The van der Waals surface area contributed by atoms with Crippen molar-refractivity contribution in [2.24, 2.45) is 5.92 Å². The summed E-state index contributed by atoms with van der Waals surface area (Å²) in [5, 5.41) is 13.0. The highest BCUT2D eigenvalue weighted by atomic mass is 32.1. The molecule has 1 aliphatic carbocycles. The summed E-state index contributed by atoms with van der Waals surface area (Å²) in [6.07, 6.45) is 2.72. The first kappa shape index (κ1) is 16.2. The Balaban J connectivity index is 1.62. The number of amides is 1. The zero-order chi connectivity index (χ0) is 16.6. The molecule has 1 amide bonds. The molecule has 0 bridgehead atoms. The van der Waals surface area contributed by atoms with Crippen LogP contribution in [0.4, 0.5) is 5.13 Å². The van der Waals surface area contributed by atoms with Crippen LogP contribution in [0.3, 0.4) is 0 Å². The Bertz CT molecular complexity index is 698. The average Bonchev–Trinajstić information content (AvgIpc) is 3.06. The SMILES string of the molecule is CN(C)c1nc2sc(C(=O)NC3CCC(C(=O)O)CC3)cc2s1. The van der Waals surface area contributed by atoms with E-state index in [9.17, 15) is 9.59 Å². The van der Waals surface area contributed by atoms with Crippen molar-refractivity contribution in [1.29, 1.82) is 0 Å². The van der Waals surface area contributed by atoms with Crippen LogP contribution in [0.15, 0.2) is 6.07 Å². The lowest BCUT2D eigenvalue weighted by Gasteiger charge is -2.26. The van der Waals surface area contributed by atoms with Gasteiger partial charge in [0.1, 0.15) is 4.83 Å². The van der Waals surface area contributed by atoms with Crippen LogP contribution in [-0.4, -0.2) is 42.1 Å². The van der Waals surface area contributed by atoms with Crippen molar-refractivity contribution in [3.63, 3.8) is 0 Å². The van der Waals surface area contributed by atoms with E-state index in [4.69, 9.17) is 5.11 Å². The number of carbonyl (C=O) groups is 2. The minimum absolute atomic E-state index is 0.0727. The first-order valence-corrected chi connectivity index (χ1v) is 9.18. The number of thiophene rings is 1. The van der Waals surface area contributed by atoms with Crippen molar-refractivity contribution in [2.75, 3.05) is 19.0 Å². The topological polar surface area (TPSA) is 82.5 Å². The van der Waals surface area contributed by atoms with Crippen LogP contribution in [0, 0.1) is 5.92 Å². The maximum Gasteiger partial charge on any atom is 0.306 e. The van der Waals surface area contributed by atoms with Gasteiger partial charge in [-0.2, -0.15) is 0 Å². The maximum atomic E-state index is 12.4. The summed E-state index contributed by atoms with van der Waals surface area (Å²) in [6.45, 7) is 0. The molecule has 1 saturated carbocycles. The standard InChI is InChI=1S/C15H19N3O3S2/c1-18(2)15-17-13-11(23-15)7-10(22-13)12(19)16-9-5-3-8(4-6-9)14(20)21/h7-9H,3-6H2,1-2H3,(H,16,19)(H,20,21). The van der Waals surface area contributed by atoms with Gasteiger partial charge in [0, 0.05) is 20.1 Å². The number of anilines is 1. The molecule has 1 fully saturated rings. The van der Waals surface area contributed by atoms with Gasteiger partial charge in [0.25, 0.3) is 5.91 Å². The summed E-state index contributed by atoms with van der Waals surface area (Å²) in [5.41, 5.74) is 0. The van der Waals surface area contributed by atoms with Crippen molar-refractivity contribution in [3.8, 4) is 0 Å². The van der Waals surface area contributed by atoms with Gasteiger partial charge in [0.2, 0.25) is 0 Å². The number of nitrogens with zero attached hydrogens (tertiary/aromatic N) is 2. The van der Waals surface area contributed by atoms with Crippen LogP contribution in [-0.2, 0) is 4.79 Å². The summed E-state index contributed by atoms with van der Waals surface area (Å²) in [7, 11) is 3.90. The third-order valence-electron chi connectivity index (χ3n) is 4.10. The second-order valence-corrected chi connectivity index (χ2v) is 8.07. The molecule has 6 nitrogen and oxygen atoms in total. The molecular weight excluding hydrogens is 334 g/mol. The number of nitrogens with one attached hydrogen (secondary N) is 1. The van der Waals surface area contributed by atoms with E-state index in [2.05, 4.69) is 10.3 Å². The minimum Gasteiger partial charge on any atom is -0.481 e. The number of hydrogen-bond donors (Lipinski definition) is 2. The highest BCUT2D eigenvalue weighted by Gasteiger charge is 2.27. The third kappa shape index (κ3) is 3.48. The molecule has 8 heteroatoms. The lowest BCUT2D eigenvalue weighted by molar-refractivity contribution is -0.142. The Kier molecular flexibility index (Phi) is 4.54. The molecule has 0 aromatic carbocycles. The van der Waals surface area contributed by atoms with Crippen LogP contribution in [0.2, 0.25) is 0 Å². The fourth-order valence-electron chi connectivity index (χ4n) is 2.77. The quantitative estimate of drug-likeness (QED) is 0.883. The van der Waals surface area contributed by atoms with Gasteiger partial charge in [-0.1, -0.05) is 11.3 Å². The number of carboxylic acid groups (broad SMARTS) is 1. The van der Waals surface area contributed by atoms with E-state index < -0.39 is 5.97 Å².